The molecule has 0 aromatic heterocycles. The summed E-state index contributed by atoms with van der Waals surface area (Å²) in [7, 11) is 0. The van der Waals surface area contributed by atoms with Crippen LogP contribution in [0, 0.1) is 18.7 Å². The molecule has 0 aliphatic heterocycles. The van der Waals surface area contributed by atoms with Crippen LogP contribution in [0.15, 0.2) is 54.6 Å². The van der Waals surface area contributed by atoms with Crippen LogP contribution in [0.4, 0.5) is 4.39 Å². The van der Waals surface area contributed by atoms with E-state index < -0.39 is 5.97 Å². The van der Waals surface area contributed by atoms with Crippen molar-refractivity contribution in [1.29, 1.82) is 0 Å². The van der Waals surface area contributed by atoms with E-state index in [1.54, 1.807) is 6.07 Å². The van der Waals surface area contributed by atoms with E-state index in [9.17, 15) is 14.3 Å². The largest absolute Gasteiger partial charge is 0.493 e. The van der Waals surface area contributed by atoms with Gasteiger partial charge in [0.25, 0.3) is 0 Å². The standard InChI is InChI=1S/C30H31FO4/c1-3-4-13-34-28-15-20(6-9-23(28)24-14-19(2)5-10-27(24)31)18-35-22-8-7-21-11-12-30(25(21)16-22)17-26(30)29(32)33/h5-10,14-16,26H,3-4,11-13,17-18H2,1-2H3,(H,32,33)/t26-,30-/m0/s1. The number of aliphatic carboxylic acids is 1. The first-order valence-corrected chi connectivity index (χ1v) is 12.4. The van der Waals surface area contributed by atoms with Gasteiger partial charge in [0.2, 0.25) is 0 Å². The Morgan fingerprint density at radius 3 is 2.71 bits per heavy atom. The van der Waals surface area contributed by atoms with Gasteiger partial charge in [0.15, 0.2) is 0 Å². The van der Waals surface area contributed by atoms with Gasteiger partial charge >= 0.3 is 5.97 Å². The fourth-order valence-corrected chi connectivity index (χ4v) is 5.36. The lowest BCUT2D eigenvalue weighted by molar-refractivity contribution is -0.139. The molecule has 5 heteroatoms. The predicted octanol–water partition coefficient (Wildman–Crippen LogP) is 6.85. The maximum atomic E-state index is 14.6. The molecule has 35 heavy (non-hydrogen) atoms. The Hall–Kier alpha value is -3.34. The molecule has 0 radical (unpaired) electrons. The number of halogens is 1. The summed E-state index contributed by atoms with van der Waals surface area (Å²) in [6.45, 7) is 4.97. The predicted molar refractivity (Wildman–Crippen MR) is 133 cm³/mol. The van der Waals surface area contributed by atoms with Crippen molar-refractivity contribution in [2.24, 2.45) is 5.92 Å². The van der Waals surface area contributed by atoms with Crippen molar-refractivity contribution < 1.29 is 23.8 Å². The molecule has 2 aliphatic carbocycles. The van der Waals surface area contributed by atoms with Crippen LogP contribution in [0.5, 0.6) is 11.5 Å². The van der Waals surface area contributed by atoms with Crippen LogP contribution >= 0.6 is 0 Å². The average molecular weight is 475 g/mol. The number of benzene rings is 3. The number of unbranched alkanes of at least 4 members (excludes halogenated alkanes) is 1. The zero-order valence-electron chi connectivity index (χ0n) is 20.3. The van der Waals surface area contributed by atoms with Gasteiger partial charge in [-0.3, -0.25) is 4.79 Å². The zero-order valence-corrected chi connectivity index (χ0v) is 20.3. The van der Waals surface area contributed by atoms with E-state index in [1.807, 2.05) is 43.3 Å². The lowest BCUT2D eigenvalue weighted by Crippen LogP contribution is -2.11. The highest BCUT2D eigenvalue weighted by atomic mass is 19.1. The number of hydrogen-bond acceptors (Lipinski definition) is 3. The molecule has 5 rings (SSSR count). The zero-order chi connectivity index (χ0) is 24.6. The number of aryl methyl sites for hydroxylation is 2. The molecule has 1 spiro atoms. The van der Waals surface area contributed by atoms with E-state index in [1.165, 1.54) is 11.6 Å². The summed E-state index contributed by atoms with van der Waals surface area (Å²) >= 11 is 0. The second-order valence-corrected chi connectivity index (χ2v) is 9.87. The van der Waals surface area contributed by atoms with E-state index >= 15 is 0 Å². The van der Waals surface area contributed by atoms with E-state index in [2.05, 4.69) is 13.0 Å². The Kier molecular flexibility index (Phi) is 6.26. The fraction of sp³-hybridized carbons (Fsp3) is 0.367. The summed E-state index contributed by atoms with van der Waals surface area (Å²) in [6.07, 6.45) is 4.48. The minimum atomic E-state index is -0.704. The van der Waals surface area contributed by atoms with E-state index in [0.717, 1.165) is 53.7 Å². The molecule has 0 amide bonds. The maximum Gasteiger partial charge on any atom is 0.307 e. The van der Waals surface area contributed by atoms with Gasteiger partial charge in [-0.1, -0.05) is 43.2 Å². The number of carboxylic acids is 1. The summed E-state index contributed by atoms with van der Waals surface area (Å²) in [5, 5.41) is 9.50. The van der Waals surface area contributed by atoms with Crippen LogP contribution in [-0.4, -0.2) is 17.7 Å². The molecular weight excluding hydrogens is 443 g/mol. The van der Waals surface area contributed by atoms with Crippen molar-refractivity contribution in [2.45, 2.75) is 58.0 Å². The molecule has 3 aromatic carbocycles. The van der Waals surface area contributed by atoms with Crippen LogP contribution in [0.3, 0.4) is 0 Å². The molecule has 1 fully saturated rings. The molecule has 0 heterocycles. The molecule has 2 atom stereocenters. The van der Waals surface area contributed by atoms with Crippen LogP contribution in [0.2, 0.25) is 0 Å². The van der Waals surface area contributed by atoms with Gasteiger partial charge in [-0.2, -0.15) is 0 Å². The minimum absolute atomic E-state index is 0.208. The number of rotatable bonds is 9. The first kappa shape index (κ1) is 23.4. The van der Waals surface area contributed by atoms with Crippen molar-refractivity contribution >= 4 is 5.97 Å². The average Bonchev–Trinajstić information content (AvgIpc) is 3.49. The second-order valence-electron chi connectivity index (χ2n) is 9.87. The molecular formula is C30H31FO4. The number of ether oxygens (including phenoxy) is 2. The highest BCUT2D eigenvalue weighted by Gasteiger charge is 2.61. The summed E-state index contributed by atoms with van der Waals surface area (Å²) in [5.41, 5.74) is 5.35. The van der Waals surface area contributed by atoms with Gasteiger partial charge in [0, 0.05) is 16.5 Å². The third kappa shape index (κ3) is 4.52. The molecule has 0 bridgehead atoms. The van der Waals surface area contributed by atoms with Gasteiger partial charge < -0.3 is 14.6 Å². The SMILES string of the molecule is CCCCOc1cc(COc2ccc3c(c2)[C@]2(CC3)C[C@H]2C(=O)O)ccc1-c1cc(C)ccc1F. The van der Waals surface area contributed by atoms with Crippen molar-refractivity contribution in [3.05, 3.63) is 82.7 Å². The third-order valence-electron chi connectivity index (χ3n) is 7.45. The van der Waals surface area contributed by atoms with Crippen LogP contribution < -0.4 is 9.47 Å². The Labute approximate surface area is 205 Å². The molecule has 4 nitrogen and oxygen atoms in total. The van der Waals surface area contributed by atoms with Gasteiger partial charge in [-0.05, 0) is 79.6 Å². The number of carbonyl (C=O) groups is 1. The molecule has 1 saturated carbocycles. The normalized spacial score (nSPS) is 20.0. The quantitative estimate of drug-likeness (QED) is 0.345. The summed E-state index contributed by atoms with van der Waals surface area (Å²) in [6, 6.07) is 16.9. The minimum Gasteiger partial charge on any atom is -0.493 e. The molecule has 182 valence electrons. The molecule has 2 aliphatic rings. The Morgan fingerprint density at radius 1 is 1.09 bits per heavy atom. The Balaban J connectivity index is 1.37. The van der Waals surface area contributed by atoms with Gasteiger partial charge in [0.05, 0.1) is 12.5 Å². The molecule has 1 N–H and O–H groups in total. The van der Waals surface area contributed by atoms with Gasteiger partial charge in [-0.15, -0.1) is 0 Å². The van der Waals surface area contributed by atoms with Gasteiger partial charge in [-0.25, -0.2) is 4.39 Å². The maximum absolute atomic E-state index is 14.6. The molecule has 3 aromatic rings. The van der Waals surface area contributed by atoms with Crippen molar-refractivity contribution in [2.75, 3.05) is 6.61 Å². The lowest BCUT2D eigenvalue weighted by atomic mass is 9.95. The molecule has 0 unspecified atom stereocenters. The highest BCUT2D eigenvalue weighted by molar-refractivity contribution is 5.78. The van der Waals surface area contributed by atoms with Crippen molar-refractivity contribution in [3.63, 3.8) is 0 Å². The third-order valence-corrected chi connectivity index (χ3v) is 7.45. The summed E-state index contributed by atoms with van der Waals surface area (Å²) in [4.78, 5) is 11.6. The smallest absolute Gasteiger partial charge is 0.307 e. The fourth-order valence-electron chi connectivity index (χ4n) is 5.36. The van der Waals surface area contributed by atoms with Crippen LogP contribution in [0.25, 0.3) is 11.1 Å². The number of carboxylic acid groups (broad SMARTS) is 1. The summed E-state index contributed by atoms with van der Waals surface area (Å²) in [5.74, 6) is 0.135. The number of fused-ring (bicyclic) bond motifs is 2. The monoisotopic (exact) mass is 474 g/mol. The van der Waals surface area contributed by atoms with E-state index in [4.69, 9.17) is 9.47 Å². The number of hydrogen-bond donors (Lipinski definition) is 1. The highest BCUT2D eigenvalue weighted by Crippen LogP contribution is 2.62. The van der Waals surface area contributed by atoms with Crippen LogP contribution in [-0.2, 0) is 23.2 Å². The molecule has 0 saturated heterocycles. The Bertz CT molecular complexity index is 1270. The Morgan fingerprint density at radius 2 is 1.94 bits per heavy atom. The van der Waals surface area contributed by atoms with Crippen molar-refractivity contribution in [3.8, 4) is 22.6 Å². The second kappa shape index (κ2) is 9.37. The topological polar surface area (TPSA) is 55.8 Å². The van der Waals surface area contributed by atoms with Crippen molar-refractivity contribution in [1.82, 2.24) is 0 Å². The van der Waals surface area contributed by atoms with E-state index in [0.29, 0.717) is 30.9 Å². The van der Waals surface area contributed by atoms with Gasteiger partial charge in [0.1, 0.15) is 23.9 Å². The summed E-state index contributed by atoms with van der Waals surface area (Å²) < 4.78 is 26.8. The first-order valence-electron chi connectivity index (χ1n) is 12.4. The van der Waals surface area contributed by atoms with Crippen LogP contribution in [0.1, 0.15) is 54.9 Å². The first-order chi connectivity index (χ1) is 16.9. The lowest BCUT2D eigenvalue weighted by Gasteiger charge is -2.16. The van der Waals surface area contributed by atoms with E-state index in [-0.39, 0.29) is 17.2 Å².